The van der Waals surface area contributed by atoms with Gasteiger partial charge in [-0.1, -0.05) is 36.8 Å². The Morgan fingerprint density at radius 2 is 1.91 bits per heavy atom. The minimum atomic E-state index is 0.176. The number of nitrogens with zero attached hydrogens (tertiary/aromatic N) is 4. The van der Waals surface area contributed by atoms with Crippen LogP contribution in [0, 0.1) is 11.8 Å². The Balaban J connectivity index is 1.28. The van der Waals surface area contributed by atoms with E-state index < -0.39 is 0 Å². The summed E-state index contributed by atoms with van der Waals surface area (Å²) in [5.74, 6) is 1.32. The number of aryl methyl sites for hydroxylation is 1. The fourth-order valence-corrected chi connectivity index (χ4v) is 6.66. The van der Waals surface area contributed by atoms with Gasteiger partial charge in [0.1, 0.15) is 0 Å². The Labute approximate surface area is 190 Å². The summed E-state index contributed by atoms with van der Waals surface area (Å²) in [4.78, 5) is 23.0. The summed E-state index contributed by atoms with van der Waals surface area (Å²) in [5, 5.41) is 0. The van der Waals surface area contributed by atoms with Gasteiger partial charge in [0.05, 0.1) is 17.4 Å². The lowest BCUT2D eigenvalue weighted by Gasteiger charge is -2.57. The first-order chi connectivity index (χ1) is 15.7. The molecule has 0 saturated carbocycles. The average molecular weight is 429 g/mol. The number of rotatable bonds is 3. The normalized spacial score (nSPS) is 28.0. The molecule has 1 aromatic heterocycles. The fourth-order valence-electron chi connectivity index (χ4n) is 6.66. The highest BCUT2D eigenvalue weighted by molar-refractivity contribution is 5.97. The van der Waals surface area contributed by atoms with Gasteiger partial charge < -0.3 is 9.47 Å². The molecule has 3 aliphatic rings. The highest BCUT2D eigenvalue weighted by atomic mass is 16.2. The Kier molecular flexibility index (Phi) is 5.02. The summed E-state index contributed by atoms with van der Waals surface area (Å²) < 4.78 is 2.00. The zero-order valence-corrected chi connectivity index (χ0v) is 18.9. The zero-order chi connectivity index (χ0) is 21.7. The van der Waals surface area contributed by atoms with Crippen molar-refractivity contribution in [3.8, 4) is 0 Å². The maximum atomic E-state index is 13.6. The number of fused-ring (bicyclic) bond motifs is 5. The summed E-state index contributed by atoms with van der Waals surface area (Å²) in [7, 11) is 1.99. The molecule has 3 fully saturated rings. The van der Waals surface area contributed by atoms with E-state index in [-0.39, 0.29) is 5.91 Å². The third-order valence-corrected chi connectivity index (χ3v) is 8.17. The zero-order valence-electron chi connectivity index (χ0n) is 18.9. The molecule has 3 aromatic rings. The van der Waals surface area contributed by atoms with E-state index in [0.717, 1.165) is 36.1 Å². The van der Waals surface area contributed by atoms with Gasteiger partial charge in [-0.3, -0.25) is 9.69 Å². The minimum Gasteiger partial charge on any atom is -0.338 e. The van der Waals surface area contributed by atoms with E-state index in [1.807, 2.05) is 36.1 Å². The van der Waals surface area contributed by atoms with Crippen molar-refractivity contribution >= 4 is 16.9 Å². The maximum absolute atomic E-state index is 13.6. The number of carbonyl (C=O) groups excluding carboxylic acids is 1. The molecule has 6 rings (SSSR count). The largest absolute Gasteiger partial charge is 0.338 e. The fraction of sp³-hybridized carbons (Fsp3) is 0.481. The number of imidazole rings is 1. The third-order valence-electron chi connectivity index (χ3n) is 8.17. The van der Waals surface area contributed by atoms with Gasteiger partial charge in [-0.25, -0.2) is 4.98 Å². The van der Waals surface area contributed by atoms with Crippen LogP contribution in [-0.4, -0.2) is 57.0 Å². The second-order valence-corrected chi connectivity index (χ2v) is 10.1. The van der Waals surface area contributed by atoms with Crippen molar-refractivity contribution in [3.63, 3.8) is 0 Å². The van der Waals surface area contributed by atoms with Crippen molar-refractivity contribution in [2.45, 2.75) is 44.2 Å². The molecule has 0 aliphatic carbocycles. The summed E-state index contributed by atoms with van der Waals surface area (Å²) in [6.07, 6.45) is 8.09. The van der Waals surface area contributed by atoms with E-state index in [0.29, 0.717) is 23.9 Å². The van der Waals surface area contributed by atoms with Gasteiger partial charge in [0.15, 0.2) is 0 Å². The van der Waals surface area contributed by atoms with Crippen LogP contribution in [0.3, 0.4) is 0 Å². The molecular weight excluding hydrogens is 396 g/mol. The molecule has 2 bridgehead atoms. The van der Waals surface area contributed by atoms with Crippen LogP contribution in [0.15, 0.2) is 54.9 Å². The van der Waals surface area contributed by atoms with Crippen molar-refractivity contribution in [2.75, 3.05) is 19.6 Å². The SMILES string of the molecule is Cn1cnc2cc(C(=O)N3C[C@H]4C[C@@H](C3)[C@H](Cc3ccccc3)N3CCCC[C@@H]43)ccc21. The van der Waals surface area contributed by atoms with Crippen molar-refractivity contribution in [2.24, 2.45) is 18.9 Å². The number of aromatic nitrogens is 2. The van der Waals surface area contributed by atoms with Gasteiger partial charge >= 0.3 is 0 Å². The minimum absolute atomic E-state index is 0.176. The van der Waals surface area contributed by atoms with Crippen LogP contribution >= 0.6 is 0 Å². The van der Waals surface area contributed by atoms with Crippen LogP contribution in [-0.2, 0) is 13.5 Å². The number of hydrogen-bond donors (Lipinski definition) is 0. The molecule has 3 aliphatic heterocycles. The highest BCUT2D eigenvalue weighted by Crippen LogP contribution is 2.42. The Bertz CT molecular complexity index is 1120. The molecule has 0 radical (unpaired) electrons. The second kappa shape index (κ2) is 8.04. The first-order valence-corrected chi connectivity index (χ1v) is 12.2. The first-order valence-electron chi connectivity index (χ1n) is 12.2. The first kappa shape index (κ1) is 20.0. The monoisotopic (exact) mass is 428 g/mol. The van der Waals surface area contributed by atoms with Crippen LogP contribution in [0.4, 0.5) is 0 Å². The van der Waals surface area contributed by atoms with E-state index >= 15 is 0 Å². The van der Waals surface area contributed by atoms with E-state index in [2.05, 4.69) is 45.1 Å². The van der Waals surface area contributed by atoms with E-state index in [1.54, 1.807) is 0 Å². The third kappa shape index (κ3) is 3.43. The lowest BCUT2D eigenvalue weighted by Crippen LogP contribution is -2.64. The quantitative estimate of drug-likeness (QED) is 0.630. The number of benzene rings is 2. The molecule has 5 heteroatoms. The van der Waals surface area contributed by atoms with Crippen LogP contribution in [0.25, 0.3) is 11.0 Å². The lowest BCUT2D eigenvalue weighted by atomic mass is 9.71. The molecule has 32 heavy (non-hydrogen) atoms. The number of hydrogen-bond acceptors (Lipinski definition) is 3. The smallest absolute Gasteiger partial charge is 0.253 e. The second-order valence-electron chi connectivity index (χ2n) is 10.1. The van der Waals surface area contributed by atoms with Gasteiger partial charge in [-0.15, -0.1) is 0 Å². The van der Waals surface area contributed by atoms with E-state index in [1.165, 1.54) is 37.8 Å². The van der Waals surface area contributed by atoms with Gasteiger partial charge in [-0.05, 0) is 67.8 Å². The Morgan fingerprint density at radius 1 is 1.06 bits per heavy atom. The Hall–Kier alpha value is -2.66. The molecule has 0 N–H and O–H groups in total. The topological polar surface area (TPSA) is 41.4 Å². The van der Waals surface area contributed by atoms with Crippen LogP contribution in [0.5, 0.6) is 0 Å². The maximum Gasteiger partial charge on any atom is 0.253 e. The van der Waals surface area contributed by atoms with E-state index in [9.17, 15) is 4.79 Å². The van der Waals surface area contributed by atoms with Gasteiger partial charge in [0, 0.05) is 37.8 Å². The summed E-state index contributed by atoms with van der Waals surface area (Å²) >= 11 is 0. The summed E-state index contributed by atoms with van der Waals surface area (Å²) in [5.41, 5.74) is 4.16. The van der Waals surface area contributed by atoms with Crippen molar-refractivity contribution < 1.29 is 4.79 Å². The van der Waals surface area contributed by atoms with Gasteiger partial charge in [0.25, 0.3) is 5.91 Å². The lowest BCUT2D eigenvalue weighted by molar-refractivity contribution is -0.0642. The molecule has 166 valence electrons. The van der Waals surface area contributed by atoms with E-state index in [4.69, 9.17) is 0 Å². The summed E-state index contributed by atoms with van der Waals surface area (Å²) in [6, 6.07) is 18.1. The van der Waals surface area contributed by atoms with Crippen LogP contribution in [0.2, 0.25) is 0 Å². The molecule has 5 nitrogen and oxygen atoms in total. The molecule has 3 saturated heterocycles. The standard InChI is InChI=1S/C27H32N4O/c1-29-18-28-23-15-20(10-11-25(23)29)27(32)30-16-21-14-22(17-30)26(13-19-7-3-2-4-8-19)31-12-6-5-9-24(21)31/h2-4,7-8,10-11,15,18,21-22,24,26H,5-6,9,12-14,16-17H2,1H3/t21-,22+,24+,26+/m1/s1. The molecule has 0 unspecified atom stereocenters. The molecule has 0 spiro atoms. The number of likely N-dealkylation sites (tertiary alicyclic amines) is 1. The van der Waals surface area contributed by atoms with Crippen LogP contribution < -0.4 is 0 Å². The molecule has 4 atom stereocenters. The predicted molar refractivity (Wildman–Crippen MR) is 126 cm³/mol. The molecule has 2 aromatic carbocycles. The molecule has 1 amide bonds. The Morgan fingerprint density at radius 3 is 2.78 bits per heavy atom. The summed E-state index contributed by atoms with van der Waals surface area (Å²) in [6.45, 7) is 2.99. The van der Waals surface area contributed by atoms with Crippen molar-refractivity contribution in [1.29, 1.82) is 0 Å². The molecular formula is C27H32N4O. The number of carbonyl (C=O) groups is 1. The predicted octanol–water partition coefficient (Wildman–Crippen LogP) is 4.13. The number of piperidine rings is 3. The molecule has 4 heterocycles. The van der Waals surface area contributed by atoms with Crippen molar-refractivity contribution in [1.82, 2.24) is 19.4 Å². The van der Waals surface area contributed by atoms with Crippen molar-refractivity contribution in [3.05, 3.63) is 66.0 Å². The highest BCUT2D eigenvalue weighted by Gasteiger charge is 2.47. The number of amides is 1. The van der Waals surface area contributed by atoms with Gasteiger partial charge in [0.2, 0.25) is 0 Å². The average Bonchev–Trinajstić information content (AvgIpc) is 3.22. The van der Waals surface area contributed by atoms with Gasteiger partial charge in [-0.2, -0.15) is 0 Å². The van der Waals surface area contributed by atoms with Crippen LogP contribution in [0.1, 0.15) is 41.6 Å².